The summed E-state index contributed by atoms with van der Waals surface area (Å²) in [6.45, 7) is 5.01. The Hall–Kier alpha value is -2.62. The van der Waals surface area contributed by atoms with Crippen LogP contribution >= 0.6 is 0 Å². The van der Waals surface area contributed by atoms with Crippen molar-refractivity contribution in [1.29, 1.82) is 0 Å². The molecule has 0 radical (unpaired) electrons. The summed E-state index contributed by atoms with van der Waals surface area (Å²) in [7, 11) is 3.75. The van der Waals surface area contributed by atoms with E-state index >= 15 is 0 Å². The fourth-order valence-corrected chi connectivity index (χ4v) is 3.18. The number of ether oxygens (including phenoxy) is 1. The third-order valence-electron chi connectivity index (χ3n) is 4.61. The van der Waals surface area contributed by atoms with Crippen LogP contribution in [0.1, 0.15) is 25.0 Å². The smallest absolute Gasteiger partial charge is 0.118 e. The number of fused-ring (bicyclic) bond motifs is 1. The number of allylic oxidation sites excluding steroid dienone is 1. The third-order valence-corrected chi connectivity index (χ3v) is 4.61. The SMILES string of the molecule is COc1ccc(CN=NC=C2N(C)c3ccccc3C2(C)C)cc1. The Morgan fingerprint density at radius 3 is 2.46 bits per heavy atom. The van der Waals surface area contributed by atoms with Crippen LogP contribution in [0.2, 0.25) is 0 Å². The molecule has 3 rings (SSSR count). The van der Waals surface area contributed by atoms with Crippen molar-refractivity contribution in [2.75, 3.05) is 19.1 Å². The third kappa shape index (κ3) is 2.92. The molecule has 0 atom stereocenters. The van der Waals surface area contributed by atoms with Gasteiger partial charge < -0.3 is 9.64 Å². The molecule has 0 spiro atoms. The van der Waals surface area contributed by atoms with Crippen molar-refractivity contribution in [3.63, 3.8) is 0 Å². The predicted molar refractivity (Wildman–Crippen MR) is 97.5 cm³/mol. The van der Waals surface area contributed by atoms with E-state index in [0.717, 1.165) is 17.0 Å². The van der Waals surface area contributed by atoms with Gasteiger partial charge in [0.2, 0.25) is 0 Å². The quantitative estimate of drug-likeness (QED) is 0.750. The molecule has 0 aromatic heterocycles. The highest BCUT2D eigenvalue weighted by atomic mass is 16.5. The Labute approximate surface area is 143 Å². The van der Waals surface area contributed by atoms with Gasteiger partial charge in [-0.1, -0.05) is 44.2 Å². The monoisotopic (exact) mass is 321 g/mol. The minimum atomic E-state index is -0.0650. The van der Waals surface area contributed by atoms with E-state index in [2.05, 4.69) is 60.3 Å². The van der Waals surface area contributed by atoms with Gasteiger partial charge in [-0.05, 0) is 29.3 Å². The number of hydrogen-bond donors (Lipinski definition) is 0. The zero-order valence-corrected chi connectivity index (χ0v) is 14.7. The maximum atomic E-state index is 5.16. The molecule has 2 aromatic carbocycles. The van der Waals surface area contributed by atoms with E-state index in [-0.39, 0.29) is 5.41 Å². The maximum Gasteiger partial charge on any atom is 0.118 e. The maximum absolute atomic E-state index is 5.16. The van der Waals surface area contributed by atoms with Crippen LogP contribution < -0.4 is 9.64 Å². The lowest BCUT2D eigenvalue weighted by molar-refractivity contribution is 0.414. The van der Waals surface area contributed by atoms with E-state index in [9.17, 15) is 0 Å². The molecule has 0 amide bonds. The second-order valence-electron chi connectivity index (χ2n) is 6.48. The average Bonchev–Trinajstić information content (AvgIpc) is 2.80. The molecule has 1 heterocycles. The van der Waals surface area contributed by atoms with Gasteiger partial charge in [0.1, 0.15) is 5.75 Å². The zero-order valence-electron chi connectivity index (χ0n) is 14.7. The van der Waals surface area contributed by atoms with Crippen molar-refractivity contribution in [3.05, 3.63) is 71.6 Å². The first-order chi connectivity index (χ1) is 11.5. The van der Waals surface area contributed by atoms with E-state index in [1.807, 2.05) is 30.5 Å². The summed E-state index contributed by atoms with van der Waals surface area (Å²) in [5.41, 5.74) is 4.76. The summed E-state index contributed by atoms with van der Waals surface area (Å²) in [6.07, 6.45) is 1.88. The largest absolute Gasteiger partial charge is 0.497 e. The number of azo groups is 1. The molecule has 124 valence electrons. The average molecular weight is 321 g/mol. The number of nitrogens with zero attached hydrogens (tertiary/aromatic N) is 3. The Bertz CT molecular complexity index is 776. The standard InChI is InChI=1S/C20H23N3O/c1-20(2)17-7-5-6-8-18(17)23(3)19(20)14-22-21-13-15-9-11-16(24-4)12-10-15/h5-12,14H,13H2,1-4H3. The van der Waals surface area contributed by atoms with Crippen molar-refractivity contribution in [1.82, 2.24) is 0 Å². The van der Waals surface area contributed by atoms with Crippen LogP contribution in [-0.4, -0.2) is 14.2 Å². The number of hydrogen-bond acceptors (Lipinski definition) is 4. The first-order valence-corrected chi connectivity index (χ1v) is 8.07. The molecule has 4 heteroatoms. The summed E-state index contributed by atoms with van der Waals surface area (Å²) in [5, 5.41) is 8.61. The highest BCUT2D eigenvalue weighted by Gasteiger charge is 2.38. The van der Waals surface area contributed by atoms with Gasteiger partial charge in [0, 0.05) is 23.8 Å². The van der Waals surface area contributed by atoms with Crippen LogP contribution in [-0.2, 0) is 12.0 Å². The van der Waals surface area contributed by atoms with Gasteiger partial charge in [0.15, 0.2) is 0 Å². The van der Waals surface area contributed by atoms with Crippen molar-refractivity contribution in [2.45, 2.75) is 25.8 Å². The van der Waals surface area contributed by atoms with E-state index in [4.69, 9.17) is 4.74 Å². The fourth-order valence-electron chi connectivity index (χ4n) is 3.18. The van der Waals surface area contributed by atoms with E-state index in [0.29, 0.717) is 6.54 Å². The molecule has 0 fully saturated rings. The lowest BCUT2D eigenvalue weighted by Crippen LogP contribution is -2.22. The Morgan fingerprint density at radius 1 is 1.08 bits per heavy atom. The van der Waals surface area contributed by atoms with Crippen molar-refractivity contribution in [3.8, 4) is 5.75 Å². The van der Waals surface area contributed by atoms with Crippen molar-refractivity contribution in [2.24, 2.45) is 10.2 Å². The molecule has 0 unspecified atom stereocenters. The molecule has 2 aromatic rings. The number of benzene rings is 2. The predicted octanol–water partition coefficient (Wildman–Crippen LogP) is 4.92. The normalized spacial score (nSPS) is 17.5. The molecule has 24 heavy (non-hydrogen) atoms. The summed E-state index contributed by atoms with van der Waals surface area (Å²) in [5.74, 6) is 0.852. The number of anilines is 1. The van der Waals surface area contributed by atoms with E-state index in [1.54, 1.807) is 7.11 Å². The van der Waals surface area contributed by atoms with Gasteiger partial charge in [-0.25, -0.2) is 0 Å². The molecule has 0 aliphatic carbocycles. The number of rotatable bonds is 4. The van der Waals surface area contributed by atoms with E-state index < -0.39 is 0 Å². The van der Waals surface area contributed by atoms with Gasteiger partial charge in [-0.3, -0.25) is 0 Å². The lowest BCUT2D eigenvalue weighted by atomic mass is 9.84. The van der Waals surface area contributed by atoms with Crippen LogP contribution in [0.15, 0.2) is 70.7 Å². The van der Waals surface area contributed by atoms with Gasteiger partial charge in [0.05, 0.1) is 19.9 Å². The van der Waals surface area contributed by atoms with Crippen LogP contribution in [0.25, 0.3) is 0 Å². The van der Waals surface area contributed by atoms with Crippen LogP contribution in [0.3, 0.4) is 0 Å². The van der Waals surface area contributed by atoms with Crippen LogP contribution in [0.4, 0.5) is 5.69 Å². The summed E-state index contributed by atoms with van der Waals surface area (Å²) in [4.78, 5) is 2.20. The Morgan fingerprint density at radius 2 is 1.79 bits per heavy atom. The summed E-state index contributed by atoms with van der Waals surface area (Å²) < 4.78 is 5.16. The van der Waals surface area contributed by atoms with Crippen molar-refractivity contribution >= 4 is 5.69 Å². The highest BCUT2D eigenvalue weighted by molar-refractivity contribution is 5.69. The van der Waals surface area contributed by atoms with Gasteiger partial charge in [-0.15, -0.1) is 0 Å². The van der Waals surface area contributed by atoms with Gasteiger partial charge in [0.25, 0.3) is 0 Å². The second kappa shape index (κ2) is 6.48. The van der Waals surface area contributed by atoms with Crippen LogP contribution in [0.5, 0.6) is 5.75 Å². The topological polar surface area (TPSA) is 37.2 Å². The van der Waals surface area contributed by atoms with Gasteiger partial charge in [-0.2, -0.15) is 10.2 Å². The fraction of sp³-hybridized carbons (Fsp3) is 0.300. The van der Waals surface area contributed by atoms with Crippen molar-refractivity contribution < 1.29 is 4.74 Å². The molecular weight excluding hydrogens is 298 g/mol. The molecule has 1 aliphatic heterocycles. The zero-order chi connectivity index (χ0) is 17.2. The highest BCUT2D eigenvalue weighted by Crippen LogP contribution is 2.46. The minimum absolute atomic E-state index is 0.0650. The second-order valence-corrected chi connectivity index (χ2v) is 6.48. The minimum Gasteiger partial charge on any atom is -0.497 e. The molecular formula is C20H23N3O. The summed E-state index contributed by atoms with van der Waals surface area (Å²) in [6, 6.07) is 16.4. The van der Waals surface area contributed by atoms with Gasteiger partial charge >= 0.3 is 0 Å². The molecule has 0 bridgehead atoms. The molecule has 0 N–H and O–H groups in total. The lowest BCUT2D eigenvalue weighted by Gasteiger charge is -2.22. The first kappa shape index (κ1) is 16.2. The number of methoxy groups -OCH3 is 1. The molecule has 4 nitrogen and oxygen atoms in total. The first-order valence-electron chi connectivity index (χ1n) is 8.07. The summed E-state index contributed by atoms with van der Waals surface area (Å²) >= 11 is 0. The molecule has 0 saturated heterocycles. The van der Waals surface area contributed by atoms with Crippen LogP contribution in [0, 0.1) is 0 Å². The molecule has 1 aliphatic rings. The van der Waals surface area contributed by atoms with E-state index in [1.165, 1.54) is 11.3 Å². The molecule has 0 saturated carbocycles. The number of para-hydroxylation sites is 1. The number of likely N-dealkylation sites (N-methyl/N-ethyl adjacent to an activating group) is 1. The Balaban J connectivity index is 1.74. The Kier molecular flexibility index (Phi) is 4.38.